The van der Waals surface area contributed by atoms with Gasteiger partial charge in [0, 0.05) is 18.2 Å². The van der Waals surface area contributed by atoms with Crippen molar-refractivity contribution in [3.63, 3.8) is 0 Å². The zero-order valence-corrected chi connectivity index (χ0v) is 10.8. The lowest BCUT2D eigenvalue weighted by Gasteiger charge is -2.07. The van der Waals surface area contributed by atoms with E-state index in [1.165, 1.54) is 24.8 Å². The summed E-state index contributed by atoms with van der Waals surface area (Å²) in [5, 5.41) is 0.0739. The highest BCUT2D eigenvalue weighted by molar-refractivity contribution is 8.13. The summed E-state index contributed by atoms with van der Waals surface area (Å²) >= 11 is 1.24. The molecule has 0 saturated carbocycles. The summed E-state index contributed by atoms with van der Waals surface area (Å²) < 4.78 is 28.7. The molecule has 0 N–H and O–H groups in total. The summed E-state index contributed by atoms with van der Waals surface area (Å²) in [6.07, 6.45) is 4.26. The monoisotopic (exact) mass is 272 g/mol. The van der Waals surface area contributed by atoms with Gasteiger partial charge >= 0.3 is 6.61 Å². The smallest absolute Gasteiger partial charge is 0.387 e. The molecule has 0 amide bonds. The summed E-state index contributed by atoms with van der Waals surface area (Å²) in [6, 6.07) is 6.59. The van der Waals surface area contributed by atoms with Gasteiger partial charge in [-0.3, -0.25) is 4.79 Å². The molecular formula is C13H14F2O2S. The topological polar surface area (TPSA) is 26.3 Å². The predicted octanol–water partition coefficient (Wildman–Crippen LogP) is 3.97. The van der Waals surface area contributed by atoms with Crippen molar-refractivity contribution in [1.82, 2.24) is 0 Å². The van der Waals surface area contributed by atoms with Crippen molar-refractivity contribution in [2.45, 2.75) is 20.0 Å². The van der Waals surface area contributed by atoms with Gasteiger partial charge in [-0.2, -0.15) is 8.78 Å². The summed E-state index contributed by atoms with van der Waals surface area (Å²) in [6.45, 7) is -1.31. The maximum atomic E-state index is 12.1. The Labute approximate surface area is 109 Å². The summed E-state index contributed by atoms with van der Waals surface area (Å²) in [7, 11) is 0. The van der Waals surface area contributed by atoms with Crippen LogP contribution in [0.25, 0.3) is 6.08 Å². The molecule has 1 aromatic rings. The van der Waals surface area contributed by atoms with E-state index in [1.807, 2.05) is 6.08 Å². The molecule has 98 valence electrons. The number of carbonyl (C=O) groups excluding carboxylic acids is 1. The lowest BCUT2D eigenvalue weighted by atomic mass is 10.2. The number of halogens is 2. The van der Waals surface area contributed by atoms with Gasteiger partial charge in [0.1, 0.15) is 5.75 Å². The summed E-state index contributed by atoms with van der Waals surface area (Å²) in [5.41, 5.74) is 0.602. The van der Waals surface area contributed by atoms with Gasteiger partial charge in [0.25, 0.3) is 0 Å². The number of hydrogen-bond donors (Lipinski definition) is 0. The quantitative estimate of drug-likeness (QED) is 0.733. The molecule has 2 nitrogen and oxygen atoms in total. The maximum Gasteiger partial charge on any atom is 0.387 e. The number of carbonyl (C=O) groups is 1. The van der Waals surface area contributed by atoms with Gasteiger partial charge < -0.3 is 4.74 Å². The fourth-order valence-electron chi connectivity index (χ4n) is 1.30. The molecule has 0 heterocycles. The third-order valence-corrected chi connectivity index (χ3v) is 2.87. The standard InChI is InChI=1S/C13H14F2O2S/c1-10(16)18-9-5-4-7-11-6-2-3-8-12(11)17-13(14)15/h2-4,6-8,13H,5,9H2,1H3. The van der Waals surface area contributed by atoms with E-state index in [4.69, 9.17) is 0 Å². The largest absolute Gasteiger partial charge is 0.434 e. The van der Waals surface area contributed by atoms with Crippen LogP contribution < -0.4 is 4.74 Å². The molecule has 0 unspecified atom stereocenters. The Morgan fingerprint density at radius 2 is 2.17 bits per heavy atom. The van der Waals surface area contributed by atoms with Gasteiger partial charge in [-0.05, 0) is 12.5 Å². The molecule has 0 aliphatic carbocycles. The molecule has 0 saturated heterocycles. The average Bonchev–Trinajstić information content (AvgIpc) is 2.29. The Morgan fingerprint density at radius 3 is 2.83 bits per heavy atom. The van der Waals surface area contributed by atoms with Crippen LogP contribution in [0.5, 0.6) is 5.75 Å². The highest BCUT2D eigenvalue weighted by atomic mass is 32.2. The number of thioether (sulfide) groups is 1. The van der Waals surface area contributed by atoms with Gasteiger partial charge in [0.15, 0.2) is 5.12 Å². The van der Waals surface area contributed by atoms with E-state index in [2.05, 4.69) is 4.74 Å². The first-order valence-electron chi connectivity index (χ1n) is 5.43. The number of allylic oxidation sites excluding steroid dienone is 1. The molecule has 1 aromatic carbocycles. The van der Waals surface area contributed by atoms with Crippen LogP contribution in [0.4, 0.5) is 8.78 Å². The first-order chi connectivity index (χ1) is 8.59. The Kier molecular flexibility index (Phi) is 6.43. The molecule has 0 aromatic heterocycles. The highest BCUT2D eigenvalue weighted by Gasteiger charge is 2.06. The molecule has 0 bridgehead atoms. The number of para-hydroxylation sites is 1. The van der Waals surface area contributed by atoms with Gasteiger partial charge in [-0.15, -0.1) is 0 Å². The predicted molar refractivity (Wildman–Crippen MR) is 69.9 cm³/mol. The van der Waals surface area contributed by atoms with Crippen molar-refractivity contribution in [3.05, 3.63) is 35.9 Å². The van der Waals surface area contributed by atoms with Crippen LogP contribution in [0.15, 0.2) is 30.3 Å². The molecule has 0 aliphatic rings. The third kappa shape index (κ3) is 5.82. The fraction of sp³-hybridized carbons (Fsp3) is 0.308. The second-order valence-corrected chi connectivity index (χ2v) is 4.72. The number of ether oxygens (including phenoxy) is 1. The van der Waals surface area contributed by atoms with Gasteiger partial charge in [-0.1, -0.05) is 42.1 Å². The minimum Gasteiger partial charge on any atom is -0.434 e. The molecule has 5 heteroatoms. The van der Waals surface area contributed by atoms with Crippen molar-refractivity contribution >= 4 is 23.0 Å². The molecule has 18 heavy (non-hydrogen) atoms. The van der Waals surface area contributed by atoms with Crippen LogP contribution in [0.1, 0.15) is 18.9 Å². The van der Waals surface area contributed by atoms with E-state index in [-0.39, 0.29) is 10.9 Å². The van der Waals surface area contributed by atoms with E-state index in [0.29, 0.717) is 17.7 Å². The second-order valence-electron chi connectivity index (χ2n) is 3.45. The number of benzene rings is 1. The molecule has 0 radical (unpaired) electrons. The minimum atomic E-state index is -2.83. The lowest BCUT2D eigenvalue weighted by molar-refractivity contribution is -0.109. The second kappa shape index (κ2) is 7.87. The number of alkyl halides is 2. The number of hydrogen-bond acceptors (Lipinski definition) is 3. The van der Waals surface area contributed by atoms with Crippen LogP contribution in [-0.2, 0) is 4.79 Å². The maximum absolute atomic E-state index is 12.1. The Bertz CT molecular complexity index is 419. The van der Waals surface area contributed by atoms with E-state index in [9.17, 15) is 13.6 Å². The van der Waals surface area contributed by atoms with Crippen LogP contribution in [0.2, 0.25) is 0 Å². The zero-order chi connectivity index (χ0) is 13.4. The third-order valence-electron chi connectivity index (χ3n) is 2.02. The van der Waals surface area contributed by atoms with Crippen molar-refractivity contribution in [2.24, 2.45) is 0 Å². The van der Waals surface area contributed by atoms with E-state index >= 15 is 0 Å². The first-order valence-corrected chi connectivity index (χ1v) is 6.42. The molecule has 0 atom stereocenters. The Balaban J connectivity index is 2.55. The average molecular weight is 272 g/mol. The molecule has 0 aliphatic heterocycles. The number of rotatable bonds is 6. The fourth-order valence-corrected chi connectivity index (χ4v) is 1.84. The first kappa shape index (κ1) is 14.7. The van der Waals surface area contributed by atoms with Crippen LogP contribution >= 0.6 is 11.8 Å². The Morgan fingerprint density at radius 1 is 1.44 bits per heavy atom. The van der Waals surface area contributed by atoms with Crippen LogP contribution in [-0.4, -0.2) is 17.5 Å². The van der Waals surface area contributed by atoms with Crippen molar-refractivity contribution < 1.29 is 18.3 Å². The molecular weight excluding hydrogens is 258 g/mol. The van der Waals surface area contributed by atoms with Crippen molar-refractivity contribution in [3.8, 4) is 5.75 Å². The normalized spacial score (nSPS) is 11.1. The Hall–Kier alpha value is -1.36. The highest BCUT2D eigenvalue weighted by Crippen LogP contribution is 2.21. The van der Waals surface area contributed by atoms with Crippen molar-refractivity contribution in [1.29, 1.82) is 0 Å². The van der Waals surface area contributed by atoms with Gasteiger partial charge in [0.2, 0.25) is 0 Å². The lowest BCUT2D eigenvalue weighted by Crippen LogP contribution is -2.02. The minimum absolute atomic E-state index is 0.0739. The van der Waals surface area contributed by atoms with E-state index in [1.54, 1.807) is 24.3 Å². The van der Waals surface area contributed by atoms with E-state index in [0.717, 1.165) is 0 Å². The summed E-state index contributed by atoms with van der Waals surface area (Å²) in [5.74, 6) is 0.840. The molecule has 0 fully saturated rings. The van der Waals surface area contributed by atoms with Crippen LogP contribution in [0.3, 0.4) is 0 Å². The molecule has 0 spiro atoms. The van der Waals surface area contributed by atoms with Crippen LogP contribution in [0, 0.1) is 0 Å². The zero-order valence-electron chi connectivity index (χ0n) is 9.94. The van der Waals surface area contributed by atoms with E-state index < -0.39 is 6.61 Å². The van der Waals surface area contributed by atoms with Gasteiger partial charge in [-0.25, -0.2) is 0 Å². The molecule has 1 rings (SSSR count). The van der Waals surface area contributed by atoms with Gasteiger partial charge in [0.05, 0.1) is 0 Å². The summed E-state index contributed by atoms with van der Waals surface area (Å²) in [4.78, 5) is 10.7. The SMILES string of the molecule is CC(=O)SCCC=Cc1ccccc1OC(F)F. The van der Waals surface area contributed by atoms with Crippen molar-refractivity contribution in [2.75, 3.05) is 5.75 Å².